The number of nitrogens with one attached hydrogen (secondary N) is 1. The number of nitrogens with zero attached hydrogens (tertiary/aromatic N) is 2. The molecule has 0 atom stereocenters. The van der Waals surface area contributed by atoms with Gasteiger partial charge in [0, 0.05) is 44.0 Å². The molecule has 2 heterocycles. The summed E-state index contributed by atoms with van der Waals surface area (Å²) in [4.78, 5) is 32.1. The van der Waals surface area contributed by atoms with Gasteiger partial charge in [0.2, 0.25) is 11.8 Å². The second-order valence-electron chi connectivity index (χ2n) is 7.53. The minimum Gasteiger partial charge on any atom is -0.362 e. The number of carbonyl (C=O) groups is 2. The molecular formula is C22H29N3O2. The van der Waals surface area contributed by atoms with Gasteiger partial charge in [-0.05, 0) is 44.4 Å². The first kappa shape index (κ1) is 19.2. The van der Waals surface area contributed by atoms with E-state index < -0.39 is 0 Å². The minimum absolute atomic E-state index is 0.143. The number of aromatic amines is 1. The van der Waals surface area contributed by atoms with Gasteiger partial charge in [0.1, 0.15) is 0 Å². The smallest absolute Gasteiger partial charge is 0.227 e. The lowest BCUT2D eigenvalue weighted by Crippen LogP contribution is -2.51. The summed E-state index contributed by atoms with van der Waals surface area (Å²) in [6, 6.07) is 10.3. The number of hydrogen-bond acceptors (Lipinski definition) is 2. The van der Waals surface area contributed by atoms with Crippen LogP contribution in [0, 0.1) is 20.8 Å². The maximum atomic E-state index is 12.6. The van der Waals surface area contributed by atoms with Gasteiger partial charge in [0.15, 0.2) is 0 Å². The molecule has 1 aromatic heterocycles. The molecule has 2 amide bonds. The number of carbonyl (C=O) groups excluding carboxylic acids is 2. The van der Waals surface area contributed by atoms with Gasteiger partial charge in [-0.25, -0.2) is 0 Å². The summed E-state index contributed by atoms with van der Waals surface area (Å²) >= 11 is 0. The number of aryl methyl sites for hydroxylation is 4. The number of piperazine rings is 1. The third kappa shape index (κ3) is 5.00. The van der Waals surface area contributed by atoms with Crippen LogP contribution in [0.5, 0.6) is 0 Å². The zero-order chi connectivity index (χ0) is 19.4. The van der Waals surface area contributed by atoms with E-state index in [-0.39, 0.29) is 11.8 Å². The molecule has 27 heavy (non-hydrogen) atoms. The highest BCUT2D eigenvalue weighted by molar-refractivity contribution is 5.80. The summed E-state index contributed by atoms with van der Waals surface area (Å²) in [5.41, 5.74) is 5.63. The molecule has 0 aliphatic carbocycles. The standard InChI is InChI=1S/C22H29N3O2/c1-16-5-4-6-19(13-16)7-8-21(26)24-9-11-25(12-10-24)22(27)15-20-14-17(2)23-18(20)3/h4-6,13-14,23H,7-12,15H2,1-3H3. The maximum Gasteiger partial charge on any atom is 0.227 e. The van der Waals surface area contributed by atoms with Gasteiger partial charge in [-0.15, -0.1) is 0 Å². The van der Waals surface area contributed by atoms with Crippen LogP contribution in [0.3, 0.4) is 0 Å². The van der Waals surface area contributed by atoms with Crippen molar-refractivity contribution in [3.63, 3.8) is 0 Å². The monoisotopic (exact) mass is 367 g/mol. The molecule has 1 aromatic carbocycles. The molecule has 2 aromatic rings. The van der Waals surface area contributed by atoms with E-state index in [1.807, 2.05) is 35.8 Å². The van der Waals surface area contributed by atoms with Crippen LogP contribution in [0.2, 0.25) is 0 Å². The number of hydrogen-bond donors (Lipinski definition) is 1. The fourth-order valence-corrected chi connectivity index (χ4v) is 3.72. The lowest BCUT2D eigenvalue weighted by atomic mass is 10.1. The van der Waals surface area contributed by atoms with Crippen LogP contribution in [-0.2, 0) is 22.4 Å². The van der Waals surface area contributed by atoms with E-state index in [1.54, 1.807) is 0 Å². The molecule has 3 rings (SSSR count). The molecule has 5 heteroatoms. The zero-order valence-electron chi connectivity index (χ0n) is 16.5. The lowest BCUT2D eigenvalue weighted by molar-refractivity contribution is -0.139. The fraction of sp³-hybridized carbons (Fsp3) is 0.455. The van der Waals surface area contributed by atoms with Gasteiger partial charge in [0.25, 0.3) is 0 Å². The Bertz CT molecular complexity index is 817. The van der Waals surface area contributed by atoms with Crippen LogP contribution in [0.4, 0.5) is 0 Å². The van der Waals surface area contributed by atoms with Crippen molar-refractivity contribution in [3.8, 4) is 0 Å². The third-order valence-corrected chi connectivity index (χ3v) is 5.29. The van der Waals surface area contributed by atoms with Crippen LogP contribution in [-0.4, -0.2) is 52.8 Å². The van der Waals surface area contributed by atoms with E-state index in [4.69, 9.17) is 0 Å². The van der Waals surface area contributed by atoms with Crippen molar-refractivity contribution in [2.24, 2.45) is 0 Å². The first-order valence-electron chi connectivity index (χ1n) is 9.68. The van der Waals surface area contributed by atoms with E-state index in [0.29, 0.717) is 39.0 Å². The Labute approximate surface area is 161 Å². The Hall–Kier alpha value is -2.56. The Balaban J connectivity index is 1.45. The SMILES string of the molecule is Cc1cccc(CCC(=O)N2CCN(C(=O)Cc3cc(C)[nH]c3C)CC2)c1. The molecule has 0 radical (unpaired) electrons. The quantitative estimate of drug-likeness (QED) is 0.883. The summed E-state index contributed by atoms with van der Waals surface area (Å²) in [6.45, 7) is 8.57. The van der Waals surface area contributed by atoms with Crippen molar-refractivity contribution < 1.29 is 9.59 Å². The molecule has 1 aliphatic rings. The van der Waals surface area contributed by atoms with Crippen LogP contribution in [0.25, 0.3) is 0 Å². The van der Waals surface area contributed by atoms with E-state index in [2.05, 4.69) is 30.1 Å². The summed E-state index contributed by atoms with van der Waals surface area (Å²) in [5, 5.41) is 0. The summed E-state index contributed by atoms with van der Waals surface area (Å²) in [6.07, 6.45) is 1.72. The van der Waals surface area contributed by atoms with Crippen molar-refractivity contribution in [1.29, 1.82) is 0 Å². The Morgan fingerprint density at radius 3 is 2.22 bits per heavy atom. The average Bonchev–Trinajstić information content (AvgIpc) is 2.97. The molecule has 5 nitrogen and oxygen atoms in total. The van der Waals surface area contributed by atoms with Crippen molar-refractivity contribution in [1.82, 2.24) is 14.8 Å². The molecule has 0 unspecified atom stereocenters. The summed E-state index contributed by atoms with van der Waals surface area (Å²) < 4.78 is 0. The molecular weight excluding hydrogens is 338 g/mol. The molecule has 1 aliphatic heterocycles. The molecule has 1 N–H and O–H groups in total. The Morgan fingerprint density at radius 1 is 0.963 bits per heavy atom. The molecule has 1 saturated heterocycles. The summed E-state index contributed by atoms with van der Waals surface area (Å²) in [7, 11) is 0. The van der Waals surface area contributed by atoms with Crippen molar-refractivity contribution in [3.05, 3.63) is 58.4 Å². The van der Waals surface area contributed by atoms with Crippen LogP contribution in [0.15, 0.2) is 30.3 Å². The first-order valence-corrected chi connectivity index (χ1v) is 9.68. The number of amides is 2. The normalized spacial score (nSPS) is 14.5. The maximum absolute atomic E-state index is 12.6. The average molecular weight is 367 g/mol. The fourth-order valence-electron chi connectivity index (χ4n) is 3.72. The predicted molar refractivity (Wildman–Crippen MR) is 107 cm³/mol. The molecule has 0 bridgehead atoms. The van der Waals surface area contributed by atoms with Gasteiger partial charge in [0.05, 0.1) is 6.42 Å². The lowest BCUT2D eigenvalue weighted by Gasteiger charge is -2.35. The second-order valence-corrected chi connectivity index (χ2v) is 7.53. The number of H-pyrrole nitrogens is 1. The van der Waals surface area contributed by atoms with Gasteiger partial charge in [-0.1, -0.05) is 29.8 Å². The van der Waals surface area contributed by atoms with Crippen molar-refractivity contribution >= 4 is 11.8 Å². The Morgan fingerprint density at radius 2 is 1.63 bits per heavy atom. The first-order chi connectivity index (χ1) is 12.9. The highest BCUT2D eigenvalue weighted by Crippen LogP contribution is 2.14. The van der Waals surface area contributed by atoms with Gasteiger partial charge >= 0.3 is 0 Å². The van der Waals surface area contributed by atoms with E-state index >= 15 is 0 Å². The van der Waals surface area contributed by atoms with Gasteiger partial charge in [-0.2, -0.15) is 0 Å². The van der Waals surface area contributed by atoms with Crippen LogP contribution >= 0.6 is 0 Å². The molecule has 0 saturated carbocycles. The second kappa shape index (κ2) is 8.42. The third-order valence-electron chi connectivity index (χ3n) is 5.29. The number of rotatable bonds is 5. The number of aromatic nitrogens is 1. The zero-order valence-corrected chi connectivity index (χ0v) is 16.5. The minimum atomic E-state index is 0.143. The van der Waals surface area contributed by atoms with Crippen molar-refractivity contribution in [2.45, 2.75) is 40.0 Å². The largest absolute Gasteiger partial charge is 0.362 e. The summed E-state index contributed by atoms with van der Waals surface area (Å²) in [5.74, 6) is 0.324. The topological polar surface area (TPSA) is 56.4 Å². The highest BCUT2D eigenvalue weighted by atomic mass is 16.2. The van der Waals surface area contributed by atoms with Crippen LogP contribution in [0.1, 0.15) is 34.5 Å². The van der Waals surface area contributed by atoms with Crippen LogP contribution < -0.4 is 0 Å². The van der Waals surface area contributed by atoms with Crippen molar-refractivity contribution in [2.75, 3.05) is 26.2 Å². The predicted octanol–water partition coefficient (Wildman–Crippen LogP) is 2.79. The van der Waals surface area contributed by atoms with E-state index in [1.165, 1.54) is 11.1 Å². The van der Waals surface area contributed by atoms with Gasteiger partial charge in [-0.3, -0.25) is 9.59 Å². The molecule has 0 spiro atoms. The Kier molecular flexibility index (Phi) is 5.99. The number of benzene rings is 1. The highest BCUT2D eigenvalue weighted by Gasteiger charge is 2.24. The molecule has 144 valence electrons. The van der Waals surface area contributed by atoms with Gasteiger partial charge < -0.3 is 14.8 Å². The van der Waals surface area contributed by atoms with E-state index in [0.717, 1.165) is 23.4 Å². The van der Waals surface area contributed by atoms with E-state index in [9.17, 15) is 9.59 Å². The molecule has 1 fully saturated rings.